The number of esters is 2. The molecule has 4 bridgehead atoms. The Morgan fingerprint density at radius 1 is 0.886 bits per heavy atom. The van der Waals surface area contributed by atoms with Gasteiger partial charge in [-0.2, -0.15) is 0 Å². The van der Waals surface area contributed by atoms with Crippen LogP contribution in [0.1, 0.15) is 69.2 Å². The third kappa shape index (κ3) is 4.72. The SMILES string of the molecule is COC(=O)C(C)C12CC(CC(=O)c3ccc(Cl)c(Cl)c3)(C1)C2.COC(=O)C(C)C12CC(N)(C1)C2.Cl. The Bertz CT molecular complexity index is 1000. The molecule has 194 valence electrons. The molecule has 0 aliphatic heterocycles. The molecule has 0 spiro atoms. The number of rotatable bonds is 7. The van der Waals surface area contributed by atoms with Crippen LogP contribution >= 0.6 is 35.6 Å². The van der Waals surface area contributed by atoms with E-state index in [1.54, 1.807) is 18.2 Å². The Hall–Kier alpha value is -1.34. The van der Waals surface area contributed by atoms with Crippen LogP contribution in [-0.2, 0) is 19.1 Å². The summed E-state index contributed by atoms with van der Waals surface area (Å²) in [5.41, 5.74) is 6.94. The monoisotopic (exact) mass is 545 g/mol. The first-order valence-corrected chi connectivity index (χ1v) is 12.5. The molecule has 1 aromatic rings. The standard InChI is InChI=1S/C17H18Cl2O3.C9H15NO2.ClH/c1-10(15(21)22-2)17-7-16(8-17,9-17)6-14(20)11-3-4-12(18)13(19)5-11;1-6(7(11)12-2)8-3-9(10,4-8)5-8;/h3-5,10H,6-9H2,1-2H3;6H,3-5,10H2,1-2H3;1H. The molecule has 6 aliphatic rings. The largest absolute Gasteiger partial charge is 0.469 e. The number of benzene rings is 1. The fourth-order valence-electron chi connectivity index (χ4n) is 7.11. The van der Waals surface area contributed by atoms with Gasteiger partial charge in [-0.15, -0.1) is 12.4 Å². The zero-order valence-corrected chi connectivity index (χ0v) is 22.9. The van der Waals surface area contributed by atoms with Gasteiger partial charge < -0.3 is 15.2 Å². The lowest BCUT2D eigenvalue weighted by Crippen LogP contribution is -2.74. The average Bonchev–Trinajstić information content (AvgIpc) is 2.72. The molecule has 7 rings (SSSR count). The molecule has 2 unspecified atom stereocenters. The molecule has 2 atom stereocenters. The lowest BCUT2D eigenvalue weighted by molar-refractivity contribution is -0.234. The number of methoxy groups -OCH3 is 2. The van der Waals surface area contributed by atoms with E-state index in [1.807, 2.05) is 13.8 Å². The fourth-order valence-corrected chi connectivity index (χ4v) is 7.40. The van der Waals surface area contributed by atoms with Crippen molar-refractivity contribution in [2.75, 3.05) is 14.2 Å². The van der Waals surface area contributed by atoms with Crippen LogP contribution in [0.2, 0.25) is 10.0 Å². The highest BCUT2D eigenvalue weighted by Gasteiger charge is 2.71. The van der Waals surface area contributed by atoms with Crippen molar-refractivity contribution in [2.45, 2.75) is 64.3 Å². The fraction of sp³-hybridized carbons (Fsp3) is 0.654. The maximum Gasteiger partial charge on any atom is 0.308 e. The summed E-state index contributed by atoms with van der Waals surface area (Å²) in [6, 6.07) is 5.00. The van der Waals surface area contributed by atoms with Gasteiger partial charge >= 0.3 is 11.9 Å². The third-order valence-electron chi connectivity index (χ3n) is 9.02. The van der Waals surface area contributed by atoms with Crippen LogP contribution in [0.3, 0.4) is 0 Å². The van der Waals surface area contributed by atoms with E-state index in [0.717, 1.165) is 38.5 Å². The van der Waals surface area contributed by atoms with E-state index >= 15 is 0 Å². The van der Waals surface area contributed by atoms with Crippen molar-refractivity contribution in [3.63, 3.8) is 0 Å². The van der Waals surface area contributed by atoms with Gasteiger partial charge in [0.25, 0.3) is 0 Å². The van der Waals surface area contributed by atoms with Gasteiger partial charge in [-0.1, -0.05) is 37.0 Å². The topological polar surface area (TPSA) is 95.7 Å². The Balaban J connectivity index is 0.000000223. The average molecular weight is 547 g/mol. The zero-order valence-electron chi connectivity index (χ0n) is 20.6. The molecular formula is C26H34Cl3NO5. The summed E-state index contributed by atoms with van der Waals surface area (Å²) >= 11 is 11.8. The molecule has 6 aliphatic carbocycles. The van der Waals surface area contributed by atoms with Crippen LogP contribution in [0.25, 0.3) is 0 Å². The summed E-state index contributed by atoms with van der Waals surface area (Å²) in [4.78, 5) is 35.3. The number of hydrogen-bond donors (Lipinski definition) is 1. The highest BCUT2D eigenvalue weighted by molar-refractivity contribution is 6.42. The molecule has 0 radical (unpaired) electrons. The molecule has 0 amide bonds. The first kappa shape index (κ1) is 28.2. The molecule has 6 nitrogen and oxygen atoms in total. The van der Waals surface area contributed by atoms with Gasteiger partial charge in [-0.3, -0.25) is 14.4 Å². The molecule has 2 N–H and O–H groups in total. The Labute approximate surface area is 223 Å². The lowest BCUT2D eigenvalue weighted by Gasteiger charge is -2.72. The smallest absolute Gasteiger partial charge is 0.308 e. The number of nitrogens with two attached hydrogens (primary N) is 1. The van der Waals surface area contributed by atoms with Crippen molar-refractivity contribution in [1.82, 2.24) is 0 Å². The highest BCUT2D eigenvalue weighted by Crippen LogP contribution is 2.77. The first-order chi connectivity index (χ1) is 15.8. The molecule has 6 fully saturated rings. The highest BCUT2D eigenvalue weighted by atomic mass is 35.5. The number of carbonyl (C=O) groups is 3. The van der Waals surface area contributed by atoms with Crippen molar-refractivity contribution < 1.29 is 23.9 Å². The molecule has 9 heteroatoms. The van der Waals surface area contributed by atoms with Gasteiger partial charge in [0.05, 0.1) is 36.1 Å². The zero-order chi connectivity index (χ0) is 25.1. The second kappa shape index (κ2) is 9.51. The van der Waals surface area contributed by atoms with Crippen LogP contribution in [-0.4, -0.2) is 37.5 Å². The minimum Gasteiger partial charge on any atom is -0.469 e. The second-order valence-corrected chi connectivity index (χ2v) is 12.2. The molecular weight excluding hydrogens is 513 g/mol. The normalized spacial score (nSPS) is 34.5. The van der Waals surface area contributed by atoms with E-state index in [4.69, 9.17) is 38.4 Å². The van der Waals surface area contributed by atoms with Crippen LogP contribution in [0.4, 0.5) is 0 Å². The third-order valence-corrected chi connectivity index (χ3v) is 9.76. The Morgan fingerprint density at radius 3 is 1.74 bits per heavy atom. The van der Waals surface area contributed by atoms with E-state index in [2.05, 4.69) is 0 Å². The summed E-state index contributed by atoms with van der Waals surface area (Å²) in [6.45, 7) is 3.88. The summed E-state index contributed by atoms with van der Waals surface area (Å²) in [7, 11) is 2.87. The Kier molecular flexibility index (Phi) is 7.67. The van der Waals surface area contributed by atoms with Gasteiger partial charge in [0.2, 0.25) is 0 Å². The van der Waals surface area contributed by atoms with Gasteiger partial charge in [0.15, 0.2) is 5.78 Å². The van der Waals surface area contributed by atoms with E-state index in [-0.39, 0.29) is 63.7 Å². The summed E-state index contributed by atoms with van der Waals surface area (Å²) in [5, 5.41) is 0.857. The van der Waals surface area contributed by atoms with E-state index < -0.39 is 0 Å². The number of Topliss-reactive ketones (excluding diaryl/α,β-unsaturated/α-hetero) is 1. The van der Waals surface area contributed by atoms with E-state index in [1.165, 1.54) is 14.2 Å². The molecule has 0 heterocycles. The quantitative estimate of drug-likeness (QED) is 0.351. The van der Waals surface area contributed by atoms with Gasteiger partial charge in [0.1, 0.15) is 0 Å². The predicted molar refractivity (Wildman–Crippen MR) is 137 cm³/mol. The van der Waals surface area contributed by atoms with Crippen LogP contribution in [0.5, 0.6) is 0 Å². The molecule has 35 heavy (non-hydrogen) atoms. The van der Waals surface area contributed by atoms with Crippen molar-refractivity contribution in [2.24, 2.45) is 33.8 Å². The molecule has 6 saturated carbocycles. The maximum absolute atomic E-state index is 12.4. The Morgan fingerprint density at radius 2 is 1.34 bits per heavy atom. The van der Waals surface area contributed by atoms with Crippen molar-refractivity contribution in [1.29, 1.82) is 0 Å². The second-order valence-electron chi connectivity index (χ2n) is 11.4. The maximum atomic E-state index is 12.4. The number of carbonyl (C=O) groups excluding carboxylic acids is 3. The molecule has 0 aromatic heterocycles. The van der Waals surface area contributed by atoms with Crippen molar-refractivity contribution >= 4 is 53.3 Å². The van der Waals surface area contributed by atoms with Crippen LogP contribution < -0.4 is 5.73 Å². The van der Waals surface area contributed by atoms with Crippen LogP contribution in [0, 0.1) is 28.1 Å². The lowest BCUT2D eigenvalue weighted by atomic mass is 9.31. The number of halogens is 3. The summed E-state index contributed by atoms with van der Waals surface area (Å²) in [6.07, 6.45) is 6.35. The molecule has 1 aromatic carbocycles. The number of hydrogen-bond acceptors (Lipinski definition) is 6. The first-order valence-electron chi connectivity index (χ1n) is 11.8. The minimum absolute atomic E-state index is 0. The van der Waals surface area contributed by atoms with Crippen molar-refractivity contribution in [3.05, 3.63) is 33.8 Å². The minimum atomic E-state index is -0.149. The van der Waals surface area contributed by atoms with E-state index in [9.17, 15) is 14.4 Å². The molecule has 0 saturated heterocycles. The van der Waals surface area contributed by atoms with Gasteiger partial charge in [-0.25, -0.2) is 0 Å². The van der Waals surface area contributed by atoms with Gasteiger partial charge in [0, 0.05) is 17.5 Å². The predicted octanol–water partition coefficient (Wildman–Crippen LogP) is 5.64. The van der Waals surface area contributed by atoms with E-state index in [0.29, 0.717) is 22.0 Å². The number of ketones is 1. The summed E-state index contributed by atoms with van der Waals surface area (Å²) < 4.78 is 9.55. The number of ether oxygens (including phenoxy) is 2. The van der Waals surface area contributed by atoms with Crippen molar-refractivity contribution in [3.8, 4) is 0 Å². The van der Waals surface area contributed by atoms with Crippen LogP contribution in [0.15, 0.2) is 18.2 Å². The van der Waals surface area contributed by atoms with Gasteiger partial charge in [-0.05, 0) is 73.0 Å². The summed E-state index contributed by atoms with van der Waals surface area (Å²) in [5.74, 6) is -0.189.